The van der Waals surface area contributed by atoms with Crippen LogP contribution in [0.1, 0.15) is 28.4 Å². The molecule has 0 aliphatic carbocycles. The van der Waals surface area contributed by atoms with Gasteiger partial charge in [-0.1, -0.05) is 17.7 Å². The van der Waals surface area contributed by atoms with Crippen LogP contribution in [0.25, 0.3) is 0 Å². The van der Waals surface area contributed by atoms with E-state index in [2.05, 4.69) is 5.32 Å². The van der Waals surface area contributed by atoms with E-state index in [1.54, 1.807) is 32.0 Å². The van der Waals surface area contributed by atoms with Crippen molar-refractivity contribution in [1.29, 1.82) is 0 Å². The molecule has 1 atom stereocenters. The summed E-state index contributed by atoms with van der Waals surface area (Å²) in [4.78, 5) is 24.8. The molecule has 0 fully saturated rings. The molecule has 6 heteroatoms. The van der Waals surface area contributed by atoms with Gasteiger partial charge in [0.2, 0.25) is 5.91 Å². The van der Waals surface area contributed by atoms with Gasteiger partial charge in [-0.2, -0.15) is 0 Å². The molecule has 0 aliphatic heterocycles. The zero-order valence-electron chi connectivity index (χ0n) is 13.6. The van der Waals surface area contributed by atoms with E-state index in [9.17, 15) is 14.7 Å². The Labute approximate surface area is 150 Å². The average Bonchev–Trinajstić information content (AvgIpc) is 2.51. The van der Waals surface area contributed by atoms with Crippen molar-refractivity contribution in [1.82, 2.24) is 0 Å². The van der Waals surface area contributed by atoms with Gasteiger partial charge >= 0.3 is 5.97 Å². The third-order valence-corrected chi connectivity index (χ3v) is 4.82. The first-order valence-electron chi connectivity index (χ1n) is 7.35. The second-order valence-electron chi connectivity index (χ2n) is 5.51. The highest BCUT2D eigenvalue weighted by atomic mass is 35.5. The number of carboxylic acids is 1. The fourth-order valence-corrected chi connectivity index (χ4v) is 3.29. The maximum absolute atomic E-state index is 12.4. The summed E-state index contributed by atoms with van der Waals surface area (Å²) in [7, 11) is 0. The van der Waals surface area contributed by atoms with Crippen LogP contribution in [-0.4, -0.2) is 22.2 Å². The Morgan fingerprint density at radius 1 is 1.17 bits per heavy atom. The van der Waals surface area contributed by atoms with Gasteiger partial charge in [0.25, 0.3) is 0 Å². The minimum absolute atomic E-state index is 0.101. The van der Waals surface area contributed by atoms with Crippen molar-refractivity contribution >= 4 is 40.9 Å². The van der Waals surface area contributed by atoms with Crippen molar-refractivity contribution in [3.8, 4) is 0 Å². The molecule has 0 spiro atoms. The highest BCUT2D eigenvalue weighted by Gasteiger charge is 2.20. The zero-order valence-corrected chi connectivity index (χ0v) is 15.2. The van der Waals surface area contributed by atoms with Crippen LogP contribution in [-0.2, 0) is 4.79 Å². The Morgan fingerprint density at radius 3 is 2.38 bits per heavy atom. The summed E-state index contributed by atoms with van der Waals surface area (Å²) in [5.41, 5.74) is 2.02. The van der Waals surface area contributed by atoms with Gasteiger partial charge in [-0.15, -0.1) is 11.8 Å². The molecule has 0 radical (unpaired) electrons. The summed E-state index contributed by atoms with van der Waals surface area (Å²) in [5, 5.41) is 12.4. The number of carboxylic acid groups (broad SMARTS) is 1. The van der Waals surface area contributed by atoms with Crippen molar-refractivity contribution in [2.24, 2.45) is 0 Å². The molecule has 2 aromatic carbocycles. The molecular formula is C18H18ClNO3S. The normalized spacial score (nSPS) is 11.8. The number of anilines is 1. The largest absolute Gasteiger partial charge is 0.478 e. The van der Waals surface area contributed by atoms with E-state index in [0.29, 0.717) is 10.7 Å². The Kier molecular flexibility index (Phi) is 5.91. The minimum Gasteiger partial charge on any atom is -0.478 e. The molecule has 126 valence electrons. The monoisotopic (exact) mass is 363 g/mol. The first-order valence-corrected chi connectivity index (χ1v) is 8.61. The summed E-state index contributed by atoms with van der Waals surface area (Å²) < 4.78 is 0. The van der Waals surface area contributed by atoms with Gasteiger partial charge < -0.3 is 10.4 Å². The van der Waals surface area contributed by atoms with Gasteiger partial charge in [0, 0.05) is 9.92 Å². The summed E-state index contributed by atoms with van der Waals surface area (Å²) in [6.45, 7) is 5.38. The zero-order chi connectivity index (χ0) is 17.9. The molecule has 1 amide bonds. The van der Waals surface area contributed by atoms with Gasteiger partial charge in [-0.05, 0) is 62.2 Å². The van der Waals surface area contributed by atoms with Crippen molar-refractivity contribution in [2.45, 2.75) is 30.9 Å². The molecule has 0 saturated heterocycles. The number of aryl methyl sites for hydroxylation is 2. The minimum atomic E-state index is -1.06. The van der Waals surface area contributed by atoms with E-state index in [1.807, 2.05) is 25.1 Å². The van der Waals surface area contributed by atoms with Crippen LogP contribution in [0.4, 0.5) is 5.69 Å². The lowest BCUT2D eigenvalue weighted by Gasteiger charge is -2.16. The molecule has 0 aliphatic rings. The number of thioether (sulfide) groups is 1. The summed E-state index contributed by atoms with van der Waals surface area (Å²) in [6, 6.07) is 10.6. The summed E-state index contributed by atoms with van der Waals surface area (Å²) in [5.74, 6) is -1.31. The number of nitrogens with one attached hydrogen (secondary N) is 1. The molecule has 0 saturated carbocycles. The topological polar surface area (TPSA) is 66.4 Å². The Morgan fingerprint density at radius 2 is 1.79 bits per heavy atom. The van der Waals surface area contributed by atoms with Gasteiger partial charge in [0.05, 0.1) is 16.5 Å². The number of carbonyl (C=O) groups is 2. The average molecular weight is 364 g/mol. The Balaban J connectivity index is 2.17. The lowest BCUT2D eigenvalue weighted by Crippen LogP contribution is -2.24. The molecule has 1 unspecified atom stereocenters. The van der Waals surface area contributed by atoms with E-state index in [0.717, 1.165) is 16.0 Å². The Bertz CT molecular complexity index is 775. The molecule has 2 N–H and O–H groups in total. The second kappa shape index (κ2) is 7.73. The lowest BCUT2D eigenvalue weighted by atomic mass is 10.0. The fraction of sp³-hybridized carbons (Fsp3) is 0.222. The second-order valence-corrected chi connectivity index (χ2v) is 7.36. The molecule has 2 rings (SSSR count). The first-order chi connectivity index (χ1) is 11.3. The first kappa shape index (κ1) is 18.4. The van der Waals surface area contributed by atoms with Crippen LogP contribution in [0.3, 0.4) is 0 Å². The Hall–Kier alpha value is -1.98. The molecule has 4 nitrogen and oxygen atoms in total. The standard InChI is InChI=1S/C18H18ClNO3S/c1-10-8-11(2)16(15(9-10)18(22)23)20-17(21)12(3)24-14-6-4-13(19)5-7-14/h4-9,12H,1-3H3,(H,20,21)(H,22,23). The molecular weight excluding hydrogens is 346 g/mol. The molecule has 2 aromatic rings. The number of hydrogen-bond donors (Lipinski definition) is 2. The van der Waals surface area contributed by atoms with Crippen LogP contribution in [0.15, 0.2) is 41.3 Å². The predicted molar refractivity (Wildman–Crippen MR) is 98.3 cm³/mol. The predicted octanol–water partition coefficient (Wildman–Crippen LogP) is 4.77. The quantitative estimate of drug-likeness (QED) is 0.750. The molecule has 0 aromatic heterocycles. The number of hydrogen-bond acceptors (Lipinski definition) is 3. The van der Waals surface area contributed by atoms with Gasteiger partial charge in [-0.3, -0.25) is 4.79 Å². The molecule has 24 heavy (non-hydrogen) atoms. The van der Waals surface area contributed by atoms with Crippen LogP contribution >= 0.6 is 23.4 Å². The van der Waals surface area contributed by atoms with Crippen molar-refractivity contribution < 1.29 is 14.7 Å². The van der Waals surface area contributed by atoms with E-state index in [1.165, 1.54) is 11.8 Å². The summed E-state index contributed by atoms with van der Waals surface area (Å²) in [6.07, 6.45) is 0. The molecule has 0 bridgehead atoms. The van der Waals surface area contributed by atoms with Crippen LogP contribution in [0.2, 0.25) is 5.02 Å². The number of carbonyl (C=O) groups excluding carboxylic acids is 1. The van der Waals surface area contributed by atoms with E-state index < -0.39 is 5.97 Å². The van der Waals surface area contributed by atoms with E-state index in [4.69, 9.17) is 11.6 Å². The van der Waals surface area contributed by atoms with Gasteiger partial charge in [0.1, 0.15) is 0 Å². The van der Waals surface area contributed by atoms with Crippen LogP contribution < -0.4 is 5.32 Å². The lowest BCUT2D eigenvalue weighted by molar-refractivity contribution is -0.115. The molecule has 0 heterocycles. The number of halogens is 1. The fourth-order valence-electron chi connectivity index (χ4n) is 2.30. The number of benzene rings is 2. The third kappa shape index (κ3) is 4.52. The number of rotatable bonds is 5. The van der Waals surface area contributed by atoms with Gasteiger partial charge in [0.15, 0.2) is 0 Å². The number of amides is 1. The van der Waals surface area contributed by atoms with Crippen LogP contribution in [0.5, 0.6) is 0 Å². The van der Waals surface area contributed by atoms with E-state index >= 15 is 0 Å². The maximum Gasteiger partial charge on any atom is 0.337 e. The van der Waals surface area contributed by atoms with Crippen LogP contribution in [0, 0.1) is 13.8 Å². The van der Waals surface area contributed by atoms with Gasteiger partial charge in [-0.25, -0.2) is 4.79 Å². The number of aromatic carboxylic acids is 1. The van der Waals surface area contributed by atoms with E-state index in [-0.39, 0.29) is 16.7 Å². The third-order valence-electron chi connectivity index (χ3n) is 3.45. The van der Waals surface area contributed by atoms with Crippen molar-refractivity contribution in [3.05, 3.63) is 58.1 Å². The van der Waals surface area contributed by atoms with Crippen molar-refractivity contribution in [3.63, 3.8) is 0 Å². The highest BCUT2D eigenvalue weighted by Crippen LogP contribution is 2.27. The smallest absolute Gasteiger partial charge is 0.337 e. The SMILES string of the molecule is Cc1cc(C)c(NC(=O)C(C)Sc2ccc(Cl)cc2)c(C(=O)O)c1. The van der Waals surface area contributed by atoms with Crippen molar-refractivity contribution in [2.75, 3.05) is 5.32 Å². The maximum atomic E-state index is 12.4. The highest BCUT2D eigenvalue weighted by molar-refractivity contribution is 8.00. The summed E-state index contributed by atoms with van der Waals surface area (Å²) >= 11 is 7.24.